The van der Waals surface area contributed by atoms with Gasteiger partial charge in [-0.1, -0.05) is 58.4 Å². The zero-order chi connectivity index (χ0) is 16.0. The van der Waals surface area contributed by atoms with Crippen LogP contribution >= 0.6 is 15.9 Å². The predicted octanol–water partition coefficient (Wildman–Crippen LogP) is 6.23. The lowest BCUT2D eigenvalue weighted by Crippen LogP contribution is -2.16. The number of rotatable bonds is 3. The predicted molar refractivity (Wildman–Crippen MR) is 85.7 cm³/mol. The molecule has 0 saturated heterocycles. The molecule has 0 bridgehead atoms. The summed E-state index contributed by atoms with van der Waals surface area (Å²) in [7, 11) is 0. The number of hydrogen-bond acceptors (Lipinski definition) is 1. The van der Waals surface area contributed by atoms with Gasteiger partial charge in [0, 0.05) is 4.48 Å². The summed E-state index contributed by atoms with van der Waals surface area (Å²) in [6.07, 6.45) is 8.87. The van der Waals surface area contributed by atoms with Crippen molar-refractivity contribution in [1.82, 2.24) is 0 Å². The first kappa shape index (κ1) is 16.9. The normalized spacial score (nSPS) is 23.5. The summed E-state index contributed by atoms with van der Waals surface area (Å²) in [5.41, 5.74) is 0.844. The maximum atomic E-state index is 12.1. The standard InChI is InChI=1S/C17H16BrF3O/c18-15-5-3-1-2-4-14(12-15)7-6-13-8-10-16(11-9-13)22-17(19,20)21/h3,5-12,14H,1-2,4H2/b5-3-,7-6+,15-12+. The van der Waals surface area contributed by atoms with E-state index in [1.54, 1.807) is 12.1 Å². The van der Waals surface area contributed by atoms with Gasteiger partial charge >= 0.3 is 6.36 Å². The van der Waals surface area contributed by atoms with E-state index in [1.165, 1.54) is 12.1 Å². The molecule has 0 spiro atoms. The van der Waals surface area contributed by atoms with Crippen LogP contribution < -0.4 is 4.74 Å². The summed E-state index contributed by atoms with van der Waals surface area (Å²) in [4.78, 5) is 0. The van der Waals surface area contributed by atoms with Crippen molar-refractivity contribution in [2.75, 3.05) is 0 Å². The smallest absolute Gasteiger partial charge is 0.406 e. The molecule has 22 heavy (non-hydrogen) atoms. The summed E-state index contributed by atoms with van der Waals surface area (Å²) >= 11 is 3.49. The first-order valence-corrected chi connectivity index (χ1v) is 7.79. The zero-order valence-electron chi connectivity index (χ0n) is 11.8. The Labute approximate surface area is 136 Å². The van der Waals surface area contributed by atoms with Gasteiger partial charge in [0.2, 0.25) is 0 Å². The molecule has 1 atom stereocenters. The second-order valence-corrected chi connectivity index (χ2v) is 5.94. The molecule has 0 N–H and O–H groups in total. The van der Waals surface area contributed by atoms with E-state index in [9.17, 15) is 13.2 Å². The van der Waals surface area contributed by atoms with Crippen LogP contribution in [0, 0.1) is 5.92 Å². The first-order chi connectivity index (χ1) is 10.4. The zero-order valence-corrected chi connectivity index (χ0v) is 13.4. The summed E-state index contributed by atoms with van der Waals surface area (Å²) in [5.74, 6) is 0.105. The fourth-order valence-electron chi connectivity index (χ4n) is 2.18. The van der Waals surface area contributed by atoms with Gasteiger partial charge in [-0.15, -0.1) is 13.2 Å². The van der Waals surface area contributed by atoms with Crippen molar-refractivity contribution in [1.29, 1.82) is 0 Å². The van der Waals surface area contributed by atoms with Crippen LogP contribution in [0.25, 0.3) is 6.08 Å². The monoisotopic (exact) mass is 372 g/mol. The Kier molecular flexibility index (Phi) is 5.89. The molecule has 0 saturated carbocycles. The van der Waals surface area contributed by atoms with Gasteiger partial charge in [0.05, 0.1) is 0 Å². The van der Waals surface area contributed by atoms with Gasteiger partial charge in [0.1, 0.15) is 5.75 Å². The van der Waals surface area contributed by atoms with Crippen LogP contribution in [0.5, 0.6) is 5.75 Å². The molecule has 0 radical (unpaired) electrons. The van der Waals surface area contributed by atoms with Crippen molar-refractivity contribution in [2.24, 2.45) is 5.92 Å². The molecule has 2 rings (SSSR count). The van der Waals surface area contributed by atoms with Gasteiger partial charge in [-0.25, -0.2) is 0 Å². The van der Waals surface area contributed by atoms with Crippen molar-refractivity contribution in [3.63, 3.8) is 0 Å². The van der Waals surface area contributed by atoms with Crippen molar-refractivity contribution in [3.8, 4) is 5.75 Å². The van der Waals surface area contributed by atoms with E-state index in [2.05, 4.69) is 38.9 Å². The van der Waals surface area contributed by atoms with Crippen LogP contribution in [0.2, 0.25) is 0 Å². The molecular formula is C17H16BrF3O. The maximum absolute atomic E-state index is 12.1. The highest BCUT2D eigenvalue weighted by Gasteiger charge is 2.30. The third-order valence-corrected chi connectivity index (χ3v) is 3.74. The fourth-order valence-corrected chi connectivity index (χ4v) is 2.70. The largest absolute Gasteiger partial charge is 0.573 e. The summed E-state index contributed by atoms with van der Waals surface area (Å²) in [6, 6.07) is 5.86. The van der Waals surface area contributed by atoms with Crippen LogP contribution in [0.15, 0.2) is 53.1 Å². The van der Waals surface area contributed by atoms with Crippen LogP contribution in [-0.2, 0) is 0 Å². The van der Waals surface area contributed by atoms with Gasteiger partial charge in [-0.2, -0.15) is 0 Å². The highest BCUT2D eigenvalue weighted by Crippen LogP contribution is 2.24. The molecule has 1 aliphatic carbocycles. The lowest BCUT2D eigenvalue weighted by Gasteiger charge is -2.10. The van der Waals surface area contributed by atoms with Crippen molar-refractivity contribution >= 4 is 22.0 Å². The lowest BCUT2D eigenvalue weighted by molar-refractivity contribution is -0.274. The quantitative estimate of drug-likeness (QED) is 0.610. The third kappa shape index (κ3) is 6.10. The molecule has 1 nitrogen and oxygen atoms in total. The Bertz CT molecular complexity index is 571. The molecule has 0 heterocycles. The summed E-state index contributed by atoms with van der Waals surface area (Å²) in [6.45, 7) is 0. The van der Waals surface area contributed by atoms with Gasteiger partial charge in [0.25, 0.3) is 0 Å². The van der Waals surface area contributed by atoms with E-state index >= 15 is 0 Å². The van der Waals surface area contributed by atoms with Gasteiger partial charge in [-0.05, 0) is 42.9 Å². The molecule has 1 aromatic rings. The van der Waals surface area contributed by atoms with E-state index in [4.69, 9.17) is 0 Å². The Morgan fingerprint density at radius 1 is 1.18 bits per heavy atom. The van der Waals surface area contributed by atoms with Gasteiger partial charge < -0.3 is 4.74 Å². The Hall–Kier alpha value is -1.49. The minimum Gasteiger partial charge on any atom is -0.406 e. The van der Waals surface area contributed by atoms with E-state index in [0.717, 1.165) is 29.3 Å². The highest BCUT2D eigenvalue weighted by atomic mass is 79.9. The third-order valence-electron chi connectivity index (χ3n) is 3.21. The van der Waals surface area contributed by atoms with E-state index < -0.39 is 6.36 Å². The molecule has 118 valence electrons. The molecular weight excluding hydrogens is 357 g/mol. The average molecular weight is 373 g/mol. The summed E-state index contributed by atoms with van der Waals surface area (Å²) in [5, 5.41) is 0. The number of allylic oxidation sites excluding steroid dienone is 5. The summed E-state index contributed by atoms with van der Waals surface area (Å²) < 4.78 is 41.2. The molecule has 0 fully saturated rings. The lowest BCUT2D eigenvalue weighted by atomic mass is 9.98. The number of ether oxygens (including phenoxy) is 1. The topological polar surface area (TPSA) is 9.23 Å². The first-order valence-electron chi connectivity index (χ1n) is 7.00. The van der Waals surface area contributed by atoms with Crippen LogP contribution in [-0.4, -0.2) is 6.36 Å². The second-order valence-electron chi connectivity index (χ2n) is 5.02. The molecule has 1 aromatic carbocycles. The van der Waals surface area contributed by atoms with E-state index in [1.807, 2.05) is 12.2 Å². The van der Waals surface area contributed by atoms with E-state index in [-0.39, 0.29) is 5.75 Å². The molecule has 1 aliphatic rings. The maximum Gasteiger partial charge on any atom is 0.573 e. The average Bonchev–Trinajstić information content (AvgIpc) is 2.41. The van der Waals surface area contributed by atoms with E-state index in [0.29, 0.717) is 5.92 Å². The molecule has 0 aromatic heterocycles. The number of benzene rings is 1. The van der Waals surface area contributed by atoms with Crippen LogP contribution in [0.4, 0.5) is 13.2 Å². The molecule has 0 aliphatic heterocycles. The Morgan fingerprint density at radius 3 is 2.59 bits per heavy atom. The fraction of sp³-hybridized carbons (Fsp3) is 0.294. The number of alkyl halides is 3. The van der Waals surface area contributed by atoms with Gasteiger partial charge in [-0.3, -0.25) is 0 Å². The Balaban J connectivity index is 2.02. The minimum absolute atomic E-state index is 0.205. The Morgan fingerprint density at radius 2 is 1.91 bits per heavy atom. The van der Waals surface area contributed by atoms with Crippen molar-refractivity contribution in [3.05, 3.63) is 58.6 Å². The number of halogens is 4. The molecule has 1 unspecified atom stereocenters. The van der Waals surface area contributed by atoms with Crippen molar-refractivity contribution < 1.29 is 17.9 Å². The molecule has 0 amide bonds. The van der Waals surface area contributed by atoms with Crippen LogP contribution in [0.3, 0.4) is 0 Å². The van der Waals surface area contributed by atoms with Crippen LogP contribution in [0.1, 0.15) is 24.8 Å². The van der Waals surface area contributed by atoms with Gasteiger partial charge in [0.15, 0.2) is 0 Å². The van der Waals surface area contributed by atoms with Crippen molar-refractivity contribution in [2.45, 2.75) is 25.6 Å². The second kappa shape index (κ2) is 7.68. The highest BCUT2D eigenvalue weighted by molar-refractivity contribution is 9.11. The minimum atomic E-state index is -4.65. The number of hydrogen-bond donors (Lipinski definition) is 0. The molecule has 5 heteroatoms. The SMILES string of the molecule is FC(F)(F)Oc1ccc(/C=C/C2/C=C(Br)\C=C/CCC2)cc1.